The van der Waals surface area contributed by atoms with Crippen molar-refractivity contribution in [2.45, 2.75) is 11.8 Å². The second kappa shape index (κ2) is 10.7. The number of amides is 1. The first-order chi connectivity index (χ1) is 14.4. The number of benzene rings is 2. The maximum Gasteiger partial charge on any atom is 0.277 e. The van der Waals surface area contributed by atoms with E-state index in [-0.39, 0.29) is 35.1 Å². The third kappa shape index (κ3) is 6.63. The number of nitrogens with zero attached hydrogens (tertiary/aromatic N) is 3. The molecule has 0 spiro atoms. The molecule has 0 aliphatic carbocycles. The highest BCUT2D eigenvalue weighted by atomic mass is 79.9. The van der Waals surface area contributed by atoms with Gasteiger partial charge in [0.2, 0.25) is 0 Å². The zero-order chi connectivity index (χ0) is 21.5. The molecule has 0 fully saturated rings. The third-order valence-corrected chi connectivity index (χ3v) is 5.24. The van der Waals surface area contributed by atoms with Crippen molar-refractivity contribution < 1.29 is 19.1 Å². The van der Waals surface area contributed by atoms with Gasteiger partial charge in [0.15, 0.2) is 6.61 Å². The highest BCUT2D eigenvalue weighted by Gasteiger charge is 2.11. The summed E-state index contributed by atoms with van der Waals surface area (Å²) >= 11 is 16.2. The summed E-state index contributed by atoms with van der Waals surface area (Å²) in [4.78, 5) is 11.9. The average Bonchev–Trinajstić information content (AvgIpc) is 3.16. The molecule has 0 atom stereocenters. The first-order valence-electron chi connectivity index (χ1n) is 8.24. The van der Waals surface area contributed by atoms with Gasteiger partial charge in [-0.25, -0.2) is 5.43 Å². The van der Waals surface area contributed by atoms with Crippen molar-refractivity contribution >= 4 is 63.0 Å². The SMILES string of the molecule is O=C(CSc1nnc(COc2ccc(Cl)cc2Cl)o1)N/N=C\c1cc(Br)ccc1O. The minimum Gasteiger partial charge on any atom is -0.507 e. The standard InChI is InChI=1S/C18H13BrCl2N4O4S/c19-11-1-3-14(26)10(5-11)7-22-23-16(27)9-30-18-25-24-17(29-18)8-28-15-4-2-12(20)6-13(15)21/h1-7,26H,8-9H2,(H,23,27)/b22-7-. The van der Waals surface area contributed by atoms with Gasteiger partial charge in [-0.1, -0.05) is 50.9 Å². The number of phenolic OH excluding ortho intramolecular Hbond substituents is 1. The number of nitrogens with one attached hydrogen (secondary N) is 1. The number of halogens is 3. The number of carbonyl (C=O) groups is 1. The summed E-state index contributed by atoms with van der Waals surface area (Å²) in [5.41, 5.74) is 2.81. The second-order valence-electron chi connectivity index (χ2n) is 5.61. The van der Waals surface area contributed by atoms with Crippen LogP contribution in [0.3, 0.4) is 0 Å². The van der Waals surface area contributed by atoms with E-state index in [9.17, 15) is 9.90 Å². The van der Waals surface area contributed by atoms with Gasteiger partial charge in [0.05, 0.1) is 17.0 Å². The number of ether oxygens (including phenoxy) is 1. The first kappa shape index (κ1) is 22.4. The Balaban J connectivity index is 1.45. The van der Waals surface area contributed by atoms with E-state index in [2.05, 4.69) is 36.7 Å². The van der Waals surface area contributed by atoms with Crippen LogP contribution in [0.15, 0.2) is 55.6 Å². The third-order valence-electron chi connectivity index (χ3n) is 3.40. The minimum absolute atomic E-state index is 0.00725. The number of aromatic nitrogens is 2. The zero-order valence-electron chi connectivity index (χ0n) is 15.0. The number of hydrogen-bond donors (Lipinski definition) is 2. The first-order valence-corrected chi connectivity index (χ1v) is 10.8. The predicted molar refractivity (Wildman–Crippen MR) is 117 cm³/mol. The van der Waals surface area contributed by atoms with Gasteiger partial charge < -0.3 is 14.3 Å². The van der Waals surface area contributed by atoms with Crippen molar-refractivity contribution in [3.8, 4) is 11.5 Å². The number of hydrazone groups is 1. The molecule has 0 saturated carbocycles. The fraction of sp³-hybridized carbons (Fsp3) is 0.111. The Morgan fingerprint density at radius 2 is 2.13 bits per heavy atom. The molecule has 0 aliphatic rings. The van der Waals surface area contributed by atoms with Gasteiger partial charge in [-0.05, 0) is 36.4 Å². The molecule has 0 radical (unpaired) electrons. The van der Waals surface area contributed by atoms with Crippen LogP contribution in [0.25, 0.3) is 0 Å². The summed E-state index contributed by atoms with van der Waals surface area (Å²) in [5, 5.41) is 22.3. The lowest BCUT2D eigenvalue weighted by atomic mass is 10.2. The summed E-state index contributed by atoms with van der Waals surface area (Å²) in [7, 11) is 0. The molecule has 2 N–H and O–H groups in total. The minimum atomic E-state index is -0.380. The molecule has 8 nitrogen and oxygen atoms in total. The maximum atomic E-state index is 11.9. The van der Waals surface area contributed by atoms with Crippen molar-refractivity contribution in [3.05, 3.63) is 62.4 Å². The van der Waals surface area contributed by atoms with E-state index in [4.69, 9.17) is 32.4 Å². The lowest BCUT2D eigenvalue weighted by Gasteiger charge is -2.05. The number of aromatic hydroxyl groups is 1. The van der Waals surface area contributed by atoms with E-state index in [1.807, 2.05) is 0 Å². The molecule has 156 valence electrons. The maximum absolute atomic E-state index is 11.9. The second-order valence-corrected chi connectivity index (χ2v) is 8.30. The predicted octanol–water partition coefficient (Wildman–Crippen LogP) is 4.67. The number of rotatable bonds is 8. The van der Waals surface area contributed by atoms with Gasteiger partial charge in [0, 0.05) is 15.1 Å². The van der Waals surface area contributed by atoms with E-state index in [1.165, 1.54) is 12.3 Å². The Morgan fingerprint density at radius 3 is 2.93 bits per heavy atom. The largest absolute Gasteiger partial charge is 0.507 e. The van der Waals surface area contributed by atoms with Crippen LogP contribution >= 0.6 is 50.9 Å². The molecule has 3 rings (SSSR count). The molecule has 30 heavy (non-hydrogen) atoms. The van der Waals surface area contributed by atoms with Crippen LogP contribution in [-0.4, -0.2) is 33.2 Å². The number of hydrogen-bond acceptors (Lipinski definition) is 8. The fourth-order valence-corrected chi connectivity index (χ4v) is 3.46. The molecular weight excluding hydrogens is 519 g/mol. The number of phenols is 1. The monoisotopic (exact) mass is 530 g/mol. The van der Waals surface area contributed by atoms with Gasteiger partial charge in [0.1, 0.15) is 11.5 Å². The van der Waals surface area contributed by atoms with E-state index in [0.29, 0.717) is 21.4 Å². The van der Waals surface area contributed by atoms with Crippen LogP contribution in [0.4, 0.5) is 0 Å². The van der Waals surface area contributed by atoms with Gasteiger partial charge in [-0.2, -0.15) is 5.10 Å². The summed E-state index contributed by atoms with van der Waals surface area (Å²) in [6.45, 7) is 0.0154. The Hall–Kier alpha value is -2.27. The highest BCUT2D eigenvalue weighted by molar-refractivity contribution is 9.10. The van der Waals surface area contributed by atoms with Crippen LogP contribution in [0.2, 0.25) is 10.0 Å². The van der Waals surface area contributed by atoms with Crippen molar-refractivity contribution in [2.24, 2.45) is 5.10 Å². The summed E-state index contributed by atoms with van der Waals surface area (Å²) < 4.78 is 11.7. The Labute approximate surface area is 193 Å². The number of thioether (sulfide) groups is 1. The van der Waals surface area contributed by atoms with Crippen LogP contribution in [-0.2, 0) is 11.4 Å². The smallest absolute Gasteiger partial charge is 0.277 e. The molecule has 0 bridgehead atoms. The van der Waals surface area contributed by atoms with Crippen molar-refractivity contribution in [1.82, 2.24) is 15.6 Å². The van der Waals surface area contributed by atoms with Crippen LogP contribution < -0.4 is 10.2 Å². The molecule has 1 heterocycles. The van der Waals surface area contributed by atoms with Crippen molar-refractivity contribution in [3.63, 3.8) is 0 Å². The molecular formula is C18H13BrCl2N4O4S. The Bertz CT molecular complexity index is 1080. The van der Waals surface area contributed by atoms with E-state index < -0.39 is 0 Å². The molecule has 0 saturated heterocycles. The summed E-state index contributed by atoms with van der Waals surface area (Å²) in [6.07, 6.45) is 1.34. The normalized spacial score (nSPS) is 11.0. The van der Waals surface area contributed by atoms with E-state index in [1.54, 1.807) is 30.3 Å². The van der Waals surface area contributed by atoms with Crippen LogP contribution in [0, 0.1) is 0 Å². The topological polar surface area (TPSA) is 110 Å². The van der Waals surface area contributed by atoms with Gasteiger partial charge >= 0.3 is 0 Å². The van der Waals surface area contributed by atoms with Gasteiger partial charge in [-0.15, -0.1) is 10.2 Å². The average molecular weight is 532 g/mol. The molecule has 0 aliphatic heterocycles. The molecule has 3 aromatic rings. The Kier molecular flexibility index (Phi) is 7.97. The lowest BCUT2D eigenvalue weighted by Crippen LogP contribution is -2.19. The lowest BCUT2D eigenvalue weighted by molar-refractivity contribution is -0.118. The van der Waals surface area contributed by atoms with Crippen molar-refractivity contribution in [1.29, 1.82) is 0 Å². The van der Waals surface area contributed by atoms with Crippen LogP contribution in [0.1, 0.15) is 11.5 Å². The Morgan fingerprint density at radius 1 is 1.30 bits per heavy atom. The van der Waals surface area contributed by atoms with Crippen LogP contribution in [0.5, 0.6) is 11.5 Å². The zero-order valence-corrected chi connectivity index (χ0v) is 18.9. The summed E-state index contributed by atoms with van der Waals surface area (Å²) in [5.74, 6) is 0.336. The summed E-state index contributed by atoms with van der Waals surface area (Å²) in [6, 6.07) is 9.72. The van der Waals surface area contributed by atoms with Crippen molar-refractivity contribution in [2.75, 3.05) is 5.75 Å². The molecule has 12 heteroatoms. The molecule has 2 aromatic carbocycles. The van der Waals surface area contributed by atoms with E-state index >= 15 is 0 Å². The van der Waals surface area contributed by atoms with Gasteiger partial charge in [0.25, 0.3) is 17.0 Å². The molecule has 0 unspecified atom stereocenters. The quantitative estimate of drug-likeness (QED) is 0.247. The van der Waals surface area contributed by atoms with Gasteiger partial charge in [-0.3, -0.25) is 4.79 Å². The molecule has 1 amide bonds. The molecule has 1 aromatic heterocycles. The van der Waals surface area contributed by atoms with E-state index in [0.717, 1.165) is 16.2 Å². The number of carbonyl (C=O) groups excluding carboxylic acids is 1. The highest BCUT2D eigenvalue weighted by Crippen LogP contribution is 2.28. The fourth-order valence-electron chi connectivity index (χ4n) is 2.05.